The van der Waals surface area contributed by atoms with E-state index in [0.717, 1.165) is 11.8 Å². The average Bonchev–Trinajstić information content (AvgIpc) is 1.98. The lowest BCUT2D eigenvalue weighted by atomic mass is 10.3. The van der Waals surface area contributed by atoms with Gasteiger partial charge >= 0.3 is 11.9 Å². The van der Waals surface area contributed by atoms with Crippen molar-refractivity contribution in [1.29, 1.82) is 0 Å². The quantitative estimate of drug-likeness (QED) is 0.306. The van der Waals surface area contributed by atoms with Crippen molar-refractivity contribution in [3.8, 4) is 0 Å². The van der Waals surface area contributed by atoms with Crippen LogP contribution in [0.2, 0.25) is 0 Å². The number of amidine groups is 1. The van der Waals surface area contributed by atoms with Gasteiger partial charge in [-0.05, 0) is 6.26 Å². The number of carbonyl (C=O) groups is 2. The summed E-state index contributed by atoms with van der Waals surface area (Å²) in [5, 5.41) is 16.6. The normalized spacial score (nSPS) is 11.7. The van der Waals surface area contributed by atoms with E-state index < -0.39 is 18.0 Å². The first-order valence-electron chi connectivity index (χ1n) is 2.82. The standard InChI is InChI=1S/C5H8N2O4S/c1-12-5(6)7-2(3(8)9)4(10)11/h2H,1H3,(H2,6,7)(H,8,9)(H,10,11). The molecular formula is C5H8N2O4S. The zero-order valence-corrected chi connectivity index (χ0v) is 7.04. The van der Waals surface area contributed by atoms with Crippen molar-refractivity contribution in [2.45, 2.75) is 6.04 Å². The van der Waals surface area contributed by atoms with Gasteiger partial charge in [-0.25, -0.2) is 14.6 Å². The van der Waals surface area contributed by atoms with E-state index in [1.54, 1.807) is 6.26 Å². The maximum atomic E-state index is 10.2. The molecular weight excluding hydrogens is 184 g/mol. The number of nitrogens with two attached hydrogens (primary N) is 1. The van der Waals surface area contributed by atoms with E-state index >= 15 is 0 Å². The Balaban J connectivity index is 4.54. The highest BCUT2D eigenvalue weighted by Crippen LogP contribution is 1.97. The summed E-state index contributed by atoms with van der Waals surface area (Å²) in [5.74, 6) is -3.06. The van der Waals surface area contributed by atoms with Crippen molar-refractivity contribution in [2.75, 3.05) is 6.26 Å². The van der Waals surface area contributed by atoms with Crippen LogP contribution in [0.4, 0.5) is 0 Å². The van der Waals surface area contributed by atoms with Gasteiger partial charge in [0.1, 0.15) is 0 Å². The third kappa shape index (κ3) is 3.24. The van der Waals surface area contributed by atoms with Gasteiger partial charge in [0.25, 0.3) is 0 Å². The molecule has 0 amide bonds. The second-order valence-electron chi connectivity index (χ2n) is 1.75. The summed E-state index contributed by atoms with van der Waals surface area (Å²) in [5.41, 5.74) is 5.14. The van der Waals surface area contributed by atoms with Crippen molar-refractivity contribution in [3.05, 3.63) is 0 Å². The number of hydrogen-bond donors (Lipinski definition) is 3. The van der Waals surface area contributed by atoms with Crippen molar-refractivity contribution in [3.63, 3.8) is 0 Å². The van der Waals surface area contributed by atoms with E-state index in [-0.39, 0.29) is 5.17 Å². The minimum absolute atomic E-state index is 0.0650. The summed E-state index contributed by atoms with van der Waals surface area (Å²) in [6, 6.07) is -1.81. The van der Waals surface area contributed by atoms with E-state index in [1.165, 1.54) is 0 Å². The molecule has 0 aliphatic rings. The van der Waals surface area contributed by atoms with Crippen LogP contribution < -0.4 is 5.73 Å². The molecule has 6 nitrogen and oxygen atoms in total. The van der Waals surface area contributed by atoms with Gasteiger partial charge in [-0.2, -0.15) is 0 Å². The fourth-order valence-corrected chi connectivity index (χ4v) is 0.607. The van der Waals surface area contributed by atoms with Crippen LogP contribution in [0.1, 0.15) is 0 Å². The Morgan fingerprint density at radius 2 is 1.83 bits per heavy atom. The second kappa shape index (κ2) is 4.60. The highest BCUT2D eigenvalue weighted by atomic mass is 32.2. The van der Waals surface area contributed by atoms with E-state index in [1.807, 2.05) is 0 Å². The Labute approximate surface area is 72.5 Å². The van der Waals surface area contributed by atoms with Gasteiger partial charge in [-0.15, -0.1) is 0 Å². The molecule has 0 bridgehead atoms. The topological polar surface area (TPSA) is 113 Å². The number of nitrogens with zero attached hydrogens (tertiary/aromatic N) is 1. The van der Waals surface area contributed by atoms with Crippen molar-refractivity contribution >= 4 is 28.9 Å². The molecule has 68 valence electrons. The average molecular weight is 192 g/mol. The van der Waals surface area contributed by atoms with E-state index in [2.05, 4.69) is 4.99 Å². The molecule has 4 N–H and O–H groups in total. The van der Waals surface area contributed by atoms with Gasteiger partial charge in [0.2, 0.25) is 6.04 Å². The van der Waals surface area contributed by atoms with E-state index in [4.69, 9.17) is 15.9 Å². The van der Waals surface area contributed by atoms with Crippen LogP contribution in [0.15, 0.2) is 4.99 Å². The SMILES string of the molecule is CSC(N)=NC(C(=O)O)C(=O)O. The first kappa shape index (κ1) is 10.8. The zero-order chi connectivity index (χ0) is 9.72. The molecule has 0 aromatic carbocycles. The number of aliphatic carboxylic acids is 2. The first-order chi connectivity index (χ1) is 5.49. The third-order valence-corrected chi connectivity index (χ3v) is 1.46. The van der Waals surface area contributed by atoms with Gasteiger partial charge in [-0.1, -0.05) is 11.8 Å². The largest absolute Gasteiger partial charge is 0.479 e. The van der Waals surface area contributed by atoms with Crippen LogP contribution in [-0.4, -0.2) is 39.6 Å². The molecule has 0 saturated heterocycles. The Morgan fingerprint density at radius 1 is 1.42 bits per heavy atom. The Hall–Kier alpha value is -1.24. The summed E-state index contributed by atoms with van der Waals surface area (Å²) >= 11 is 0.989. The molecule has 0 saturated carbocycles. The predicted octanol–water partition coefficient (Wildman–Crippen LogP) is -0.798. The lowest BCUT2D eigenvalue weighted by Gasteiger charge is -2.01. The van der Waals surface area contributed by atoms with Gasteiger partial charge in [-0.3, -0.25) is 0 Å². The summed E-state index contributed by atoms with van der Waals surface area (Å²) in [6.07, 6.45) is 1.57. The van der Waals surface area contributed by atoms with Gasteiger partial charge < -0.3 is 15.9 Å². The third-order valence-electron chi connectivity index (χ3n) is 0.933. The molecule has 0 aromatic rings. The number of hydrogen-bond acceptors (Lipinski definition) is 4. The fourth-order valence-electron chi connectivity index (χ4n) is 0.396. The molecule has 0 aliphatic heterocycles. The molecule has 0 radical (unpaired) electrons. The minimum Gasteiger partial charge on any atom is -0.479 e. The zero-order valence-electron chi connectivity index (χ0n) is 6.22. The molecule has 0 fully saturated rings. The van der Waals surface area contributed by atoms with Crippen molar-refractivity contribution in [2.24, 2.45) is 10.7 Å². The van der Waals surface area contributed by atoms with Crippen LogP contribution in [-0.2, 0) is 9.59 Å². The molecule has 0 aliphatic carbocycles. The molecule has 7 heteroatoms. The Kier molecular flexibility index (Phi) is 4.12. The fraction of sp³-hybridized carbons (Fsp3) is 0.400. The van der Waals surface area contributed by atoms with Crippen LogP contribution >= 0.6 is 11.8 Å². The van der Waals surface area contributed by atoms with Crippen molar-refractivity contribution in [1.82, 2.24) is 0 Å². The summed E-state index contributed by atoms with van der Waals surface area (Å²) in [4.78, 5) is 23.7. The molecule has 12 heavy (non-hydrogen) atoms. The van der Waals surface area contributed by atoms with Gasteiger partial charge in [0.15, 0.2) is 5.17 Å². The van der Waals surface area contributed by atoms with Gasteiger partial charge in [0.05, 0.1) is 0 Å². The number of carboxylic acid groups (broad SMARTS) is 2. The lowest BCUT2D eigenvalue weighted by molar-refractivity contribution is -0.149. The Bertz CT molecular complexity index is 213. The highest BCUT2D eigenvalue weighted by Gasteiger charge is 2.24. The molecule has 0 unspecified atom stereocenters. The summed E-state index contributed by atoms with van der Waals surface area (Å²) in [6.45, 7) is 0. The maximum Gasteiger partial charge on any atom is 0.340 e. The first-order valence-corrected chi connectivity index (χ1v) is 4.04. The number of carboxylic acids is 2. The molecule has 0 aromatic heterocycles. The highest BCUT2D eigenvalue weighted by molar-refractivity contribution is 8.13. The lowest BCUT2D eigenvalue weighted by Crippen LogP contribution is -2.29. The maximum absolute atomic E-state index is 10.2. The van der Waals surface area contributed by atoms with Crippen LogP contribution in [0.25, 0.3) is 0 Å². The number of thioether (sulfide) groups is 1. The number of rotatable bonds is 3. The van der Waals surface area contributed by atoms with Crippen LogP contribution in [0.3, 0.4) is 0 Å². The molecule has 0 rings (SSSR count). The predicted molar refractivity (Wildman–Crippen MR) is 44.2 cm³/mol. The summed E-state index contributed by atoms with van der Waals surface area (Å²) in [7, 11) is 0. The van der Waals surface area contributed by atoms with E-state index in [9.17, 15) is 9.59 Å². The summed E-state index contributed by atoms with van der Waals surface area (Å²) < 4.78 is 0. The van der Waals surface area contributed by atoms with Crippen LogP contribution in [0, 0.1) is 0 Å². The molecule has 0 heterocycles. The van der Waals surface area contributed by atoms with E-state index in [0.29, 0.717) is 0 Å². The minimum atomic E-state index is -1.81. The Morgan fingerprint density at radius 3 is 2.08 bits per heavy atom. The number of aliphatic imine (C=N–C) groups is 1. The smallest absolute Gasteiger partial charge is 0.340 e. The molecule has 0 spiro atoms. The van der Waals surface area contributed by atoms with Crippen LogP contribution in [0.5, 0.6) is 0 Å². The van der Waals surface area contributed by atoms with Gasteiger partial charge in [0, 0.05) is 0 Å². The molecule has 0 atom stereocenters. The van der Waals surface area contributed by atoms with Crippen molar-refractivity contribution < 1.29 is 19.8 Å². The monoisotopic (exact) mass is 192 g/mol. The second-order valence-corrected chi connectivity index (χ2v) is 2.58.